The summed E-state index contributed by atoms with van der Waals surface area (Å²) in [7, 11) is 2.22. The van der Waals surface area contributed by atoms with Crippen molar-refractivity contribution in [2.45, 2.75) is 39.5 Å². The topological polar surface area (TPSA) is 34.1 Å². The minimum absolute atomic E-state index is 0. The average molecular weight is 463 g/mol. The Morgan fingerprint density at radius 3 is 2.40 bits per heavy atom. The number of halogens is 1. The first-order valence-electron chi connectivity index (χ1n) is 10.0. The van der Waals surface area contributed by atoms with Crippen LogP contribution < -0.4 is 5.32 Å². The number of hydrogen-bond acceptors (Lipinski definition) is 3. The van der Waals surface area contributed by atoms with Crippen molar-refractivity contribution in [3.05, 3.63) is 0 Å². The van der Waals surface area contributed by atoms with Crippen LogP contribution in [0, 0.1) is 11.3 Å². The predicted molar refractivity (Wildman–Crippen MR) is 117 cm³/mol. The zero-order valence-electron chi connectivity index (χ0n) is 16.5. The van der Waals surface area contributed by atoms with E-state index in [0.717, 1.165) is 19.0 Å². The Morgan fingerprint density at radius 1 is 1.12 bits per heavy atom. The van der Waals surface area contributed by atoms with E-state index in [9.17, 15) is 0 Å². The third-order valence-electron chi connectivity index (χ3n) is 6.21. The van der Waals surface area contributed by atoms with Crippen molar-refractivity contribution < 1.29 is 0 Å². The van der Waals surface area contributed by atoms with Gasteiger partial charge in [0.15, 0.2) is 5.96 Å². The second-order valence-corrected chi connectivity index (χ2v) is 8.43. The molecule has 146 valence electrons. The second kappa shape index (κ2) is 9.74. The largest absolute Gasteiger partial charge is 0.357 e. The van der Waals surface area contributed by atoms with Gasteiger partial charge in [0.25, 0.3) is 0 Å². The highest BCUT2D eigenvalue weighted by Gasteiger charge is 2.43. The van der Waals surface area contributed by atoms with Crippen molar-refractivity contribution in [3.8, 4) is 0 Å². The molecule has 2 aliphatic heterocycles. The van der Waals surface area contributed by atoms with Crippen LogP contribution in [0.3, 0.4) is 0 Å². The van der Waals surface area contributed by atoms with Gasteiger partial charge >= 0.3 is 0 Å². The van der Waals surface area contributed by atoms with Crippen LogP contribution in [-0.2, 0) is 0 Å². The number of piperazine rings is 1. The second-order valence-electron chi connectivity index (χ2n) is 8.43. The molecule has 2 heterocycles. The number of hydrogen-bond donors (Lipinski definition) is 1. The van der Waals surface area contributed by atoms with Crippen molar-refractivity contribution in [3.63, 3.8) is 0 Å². The summed E-state index contributed by atoms with van der Waals surface area (Å²) >= 11 is 0. The van der Waals surface area contributed by atoms with Crippen molar-refractivity contribution in [2.24, 2.45) is 16.3 Å². The lowest BCUT2D eigenvalue weighted by Crippen LogP contribution is -2.46. The van der Waals surface area contributed by atoms with E-state index in [0.29, 0.717) is 11.3 Å². The third kappa shape index (κ3) is 5.70. The summed E-state index contributed by atoms with van der Waals surface area (Å²) in [6, 6.07) is 0. The summed E-state index contributed by atoms with van der Waals surface area (Å²) in [5.74, 6) is 1.79. The van der Waals surface area contributed by atoms with Crippen LogP contribution >= 0.6 is 24.0 Å². The first-order chi connectivity index (χ1) is 11.6. The van der Waals surface area contributed by atoms with Crippen LogP contribution in [-0.4, -0.2) is 86.6 Å². The third-order valence-corrected chi connectivity index (χ3v) is 6.21. The number of likely N-dealkylation sites (N-methyl/N-ethyl adjacent to an activating group) is 1. The number of guanidine groups is 1. The Balaban J connectivity index is 0.00000225. The Labute approximate surface area is 171 Å². The van der Waals surface area contributed by atoms with E-state index >= 15 is 0 Å². The molecule has 1 unspecified atom stereocenters. The number of aliphatic imine (C=N–C) groups is 1. The van der Waals surface area contributed by atoms with Crippen molar-refractivity contribution >= 4 is 29.9 Å². The molecule has 1 spiro atoms. The number of rotatable bonds is 5. The molecule has 1 N–H and O–H groups in total. The molecule has 0 aromatic heterocycles. The normalized spacial score (nSPS) is 25.6. The van der Waals surface area contributed by atoms with Crippen LogP contribution in [0.25, 0.3) is 0 Å². The van der Waals surface area contributed by atoms with E-state index in [1.807, 2.05) is 0 Å². The molecule has 0 aromatic rings. The molecule has 25 heavy (non-hydrogen) atoms. The van der Waals surface area contributed by atoms with E-state index in [1.54, 1.807) is 0 Å². The van der Waals surface area contributed by atoms with Gasteiger partial charge in [-0.15, -0.1) is 24.0 Å². The molecule has 3 fully saturated rings. The Kier molecular flexibility index (Phi) is 8.27. The molecular weight excluding hydrogens is 425 g/mol. The molecule has 3 aliphatic rings. The van der Waals surface area contributed by atoms with Crippen molar-refractivity contribution in [1.29, 1.82) is 0 Å². The zero-order valence-corrected chi connectivity index (χ0v) is 18.8. The highest BCUT2D eigenvalue weighted by Crippen LogP contribution is 2.47. The number of nitrogens with zero attached hydrogens (tertiary/aromatic N) is 4. The predicted octanol–water partition coefficient (Wildman–Crippen LogP) is 2.33. The lowest BCUT2D eigenvalue weighted by atomic mass is 9.68. The van der Waals surface area contributed by atoms with E-state index in [-0.39, 0.29) is 24.0 Å². The fraction of sp³-hybridized carbons (Fsp3) is 0.947. The van der Waals surface area contributed by atoms with E-state index in [2.05, 4.69) is 40.9 Å². The Hall–Kier alpha value is -0.0800. The van der Waals surface area contributed by atoms with Crippen LogP contribution in [0.5, 0.6) is 0 Å². The fourth-order valence-corrected chi connectivity index (χ4v) is 4.40. The summed E-state index contributed by atoms with van der Waals surface area (Å²) in [5.41, 5.74) is 0.641. The summed E-state index contributed by atoms with van der Waals surface area (Å²) < 4.78 is 0. The Bertz CT molecular complexity index is 430. The summed E-state index contributed by atoms with van der Waals surface area (Å²) in [6.07, 6.45) is 5.67. The van der Waals surface area contributed by atoms with Gasteiger partial charge in [0.1, 0.15) is 0 Å². The first kappa shape index (κ1) is 21.2. The maximum atomic E-state index is 4.99. The molecule has 0 bridgehead atoms. The van der Waals surface area contributed by atoms with Gasteiger partial charge in [-0.05, 0) is 44.6 Å². The lowest BCUT2D eigenvalue weighted by Gasteiger charge is -2.38. The van der Waals surface area contributed by atoms with Gasteiger partial charge in [-0.3, -0.25) is 4.99 Å². The van der Waals surface area contributed by atoms with Gasteiger partial charge in [-0.25, -0.2) is 0 Å². The Morgan fingerprint density at radius 2 is 1.84 bits per heavy atom. The van der Waals surface area contributed by atoms with E-state index < -0.39 is 0 Å². The molecule has 0 radical (unpaired) electrons. The number of likely N-dealkylation sites (tertiary alicyclic amines) is 1. The van der Waals surface area contributed by atoms with Crippen molar-refractivity contribution in [1.82, 2.24) is 20.0 Å². The fourth-order valence-electron chi connectivity index (χ4n) is 4.40. The lowest BCUT2D eigenvalue weighted by molar-refractivity contribution is 0.140. The molecule has 1 aliphatic carbocycles. The maximum absolute atomic E-state index is 4.99. The van der Waals surface area contributed by atoms with Gasteiger partial charge in [-0.2, -0.15) is 0 Å². The monoisotopic (exact) mass is 463 g/mol. The minimum atomic E-state index is 0. The minimum Gasteiger partial charge on any atom is -0.357 e. The van der Waals surface area contributed by atoms with Gasteiger partial charge in [0.2, 0.25) is 0 Å². The average Bonchev–Trinajstić information content (AvgIpc) is 2.99. The SMILES string of the molecule is CCNC(=NCC(C)CN1CCN(C)CC1)N1CCC2(CCC2)C1.I. The molecule has 2 saturated heterocycles. The number of nitrogens with one attached hydrogen (secondary N) is 1. The molecule has 0 amide bonds. The van der Waals surface area contributed by atoms with Crippen LogP contribution in [0.4, 0.5) is 0 Å². The first-order valence-corrected chi connectivity index (χ1v) is 10.0. The molecule has 1 atom stereocenters. The van der Waals surface area contributed by atoms with Gasteiger partial charge in [-0.1, -0.05) is 13.3 Å². The van der Waals surface area contributed by atoms with Gasteiger partial charge in [0, 0.05) is 58.9 Å². The van der Waals surface area contributed by atoms with Crippen LogP contribution in [0.2, 0.25) is 0 Å². The standard InChI is InChI=1S/C19H37N5.HI/c1-4-20-18(24-9-8-19(16-24)6-5-7-19)21-14-17(2)15-23-12-10-22(3)11-13-23;/h17H,4-16H2,1-3H3,(H,20,21);1H. The molecule has 6 heteroatoms. The molecule has 5 nitrogen and oxygen atoms in total. The van der Waals surface area contributed by atoms with Crippen molar-refractivity contribution in [2.75, 3.05) is 66.0 Å². The van der Waals surface area contributed by atoms with E-state index in [4.69, 9.17) is 4.99 Å². The molecule has 3 rings (SSSR count). The van der Waals surface area contributed by atoms with Crippen LogP contribution in [0.1, 0.15) is 39.5 Å². The summed E-state index contributed by atoms with van der Waals surface area (Å²) in [4.78, 5) is 12.5. The molecule has 1 saturated carbocycles. The zero-order chi connectivity index (χ0) is 17.0. The maximum Gasteiger partial charge on any atom is 0.193 e. The van der Waals surface area contributed by atoms with Crippen LogP contribution in [0.15, 0.2) is 4.99 Å². The summed E-state index contributed by atoms with van der Waals surface area (Å²) in [6.45, 7) is 14.9. The van der Waals surface area contributed by atoms with Gasteiger partial charge < -0.3 is 20.0 Å². The smallest absolute Gasteiger partial charge is 0.193 e. The highest BCUT2D eigenvalue weighted by atomic mass is 127. The molecular formula is C19H38IN5. The van der Waals surface area contributed by atoms with Gasteiger partial charge in [0.05, 0.1) is 0 Å². The highest BCUT2D eigenvalue weighted by molar-refractivity contribution is 14.0. The summed E-state index contributed by atoms with van der Waals surface area (Å²) in [5, 5.41) is 3.53. The quantitative estimate of drug-likeness (QED) is 0.386. The van der Waals surface area contributed by atoms with E-state index in [1.165, 1.54) is 71.5 Å². The molecule has 0 aromatic carbocycles.